The lowest BCUT2D eigenvalue weighted by atomic mass is 9.96. The third-order valence-corrected chi connectivity index (χ3v) is 7.41. The second kappa shape index (κ2) is 13.8. The fourth-order valence-electron chi connectivity index (χ4n) is 5.23. The van der Waals surface area contributed by atoms with Crippen molar-refractivity contribution in [1.82, 2.24) is 9.80 Å². The molecule has 4 atom stereocenters. The van der Waals surface area contributed by atoms with Gasteiger partial charge in [-0.1, -0.05) is 97.1 Å². The van der Waals surface area contributed by atoms with Crippen molar-refractivity contribution >= 4 is 6.03 Å². The summed E-state index contributed by atoms with van der Waals surface area (Å²) in [6.45, 7) is 0.815. The number of carbonyl (C=O) groups is 1. The van der Waals surface area contributed by atoms with E-state index in [0.717, 1.165) is 11.1 Å². The predicted molar refractivity (Wildman–Crippen MR) is 157 cm³/mol. The zero-order valence-corrected chi connectivity index (χ0v) is 22.9. The Balaban J connectivity index is 1.47. The molecule has 0 aromatic heterocycles. The van der Waals surface area contributed by atoms with Crippen molar-refractivity contribution in [2.75, 3.05) is 13.2 Å². The zero-order valence-electron chi connectivity index (χ0n) is 22.9. The Kier molecular flexibility index (Phi) is 9.52. The monoisotopic (exact) mass is 552 g/mol. The van der Waals surface area contributed by atoms with Gasteiger partial charge in [0.25, 0.3) is 0 Å². The summed E-state index contributed by atoms with van der Waals surface area (Å²) in [5, 5.41) is 23.3. The topological polar surface area (TPSA) is 82.5 Å². The van der Waals surface area contributed by atoms with Crippen LogP contribution in [0.15, 0.2) is 121 Å². The molecule has 0 bridgehead atoms. The number of carbonyl (C=O) groups excluding carboxylic acids is 1. The molecule has 1 saturated heterocycles. The molecule has 4 aromatic carbocycles. The molecule has 0 saturated carbocycles. The van der Waals surface area contributed by atoms with E-state index in [4.69, 9.17) is 9.47 Å². The van der Waals surface area contributed by atoms with E-state index in [2.05, 4.69) is 0 Å². The van der Waals surface area contributed by atoms with Crippen LogP contribution in [0, 0.1) is 0 Å². The Morgan fingerprint density at radius 3 is 1.49 bits per heavy atom. The van der Waals surface area contributed by atoms with Gasteiger partial charge in [-0.05, 0) is 35.4 Å². The van der Waals surface area contributed by atoms with Gasteiger partial charge in [0.05, 0.1) is 18.7 Å². The van der Waals surface area contributed by atoms with E-state index in [0.29, 0.717) is 17.9 Å². The second-order valence-corrected chi connectivity index (χ2v) is 10.2. The van der Waals surface area contributed by atoms with Crippen LogP contribution in [0.3, 0.4) is 0 Å². The van der Waals surface area contributed by atoms with E-state index in [9.17, 15) is 15.0 Å². The SMILES string of the molecule is O=C1N(Cc2ccccc2)[C@H](CCOc2ccccc2)[C@H](O)[C@@H](O)[C@@H](COc2ccccc2)N1Cc1ccccc1. The molecule has 7 nitrogen and oxygen atoms in total. The fourth-order valence-corrected chi connectivity index (χ4v) is 5.23. The third-order valence-electron chi connectivity index (χ3n) is 7.41. The molecule has 5 rings (SSSR count). The van der Waals surface area contributed by atoms with Crippen molar-refractivity contribution in [1.29, 1.82) is 0 Å². The first kappa shape index (κ1) is 28.2. The van der Waals surface area contributed by atoms with Gasteiger partial charge in [0, 0.05) is 19.5 Å². The molecule has 0 radical (unpaired) electrons. The van der Waals surface area contributed by atoms with Crippen molar-refractivity contribution in [2.24, 2.45) is 0 Å². The van der Waals surface area contributed by atoms with Gasteiger partial charge in [0.2, 0.25) is 0 Å². The number of rotatable bonds is 11. The molecule has 0 aliphatic carbocycles. The number of hydrogen-bond donors (Lipinski definition) is 2. The van der Waals surface area contributed by atoms with Crippen molar-refractivity contribution in [3.8, 4) is 11.5 Å². The molecule has 1 fully saturated rings. The number of amides is 2. The van der Waals surface area contributed by atoms with Crippen molar-refractivity contribution in [3.63, 3.8) is 0 Å². The highest BCUT2D eigenvalue weighted by Gasteiger charge is 2.46. The van der Waals surface area contributed by atoms with Crippen LogP contribution in [0.4, 0.5) is 4.79 Å². The van der Waals surface area contributed by atoms with Crippen LogP contribution < -0.4 is 9.47 Å². The van der Waals surface area contributed by atoms with E-state index >= 15 is 0 Å². The molecule has 41 heavy (non-hydrogen) atoms. The molecule has 2 N–H and O–H groups in total. The first-order valence-corrected chi connectivity index (χ1v) is 14.0. The van der Waals surface area contributed by atoms with Crippen LogP contribution in [-0.2, 0) is 13.1 Å². The Morgan fingerprint density at radius 2 is 0.976 bits per heavy atom. The number of benzene rings is 4. The van der Waals surface area contributed by atoms with E-state index < -0.39 is 24.3 Å². The Labute approximate surface area is 241 Å². The minimum Gasteiger partial charge on any atom is -0.494 e. The van der Waals surface area contributed by atoms with E-state index in [1.807, 2.05) is 121 Å². The minimum atomic E-state index is -1.26. The fraction of sp³-hybridized carbons (Fsp3) is 0.265. The number of ether oxygens (including phenoxy) is 2. The van der Waals surface area contributed by atoms with Gasteiger partial charge in [-0.25, -0.2) is 4.79 Å². The lowest BCUT2D eigenvalue weighted by Crippen LogP contribution is -2.52. The van der Waals surface area contributed by atoms with Crippen LogP contribution in [0.5, 0.6) is 11.5 Å². The molecule has 212 valence electrons. The van der Waals surface area contributed by atoms with E-state index in [1.54, 1.807) is 9.80 Å². The average molecular weight is 553 g/mol. The van der Waals surface area contributed by atoms with Gasteiger partial charge in [-0.15, -0.1) is 0 Å². The van der Waals surface area contributed by atoms with Gasteiger partial charge in [0.1, 0.15) is 30.3 Å². The number of aliphatic hydroxyl groups is 2. The molecule has 1 heterocycles. The van der Waals surface area contributed by atoms with Gasteiger partial charge in [0.15, 0.2) is 0 Å². The number of nitrogens with zero attached hydrogens (tertiary/aromatic N) is 2. The van der Waals surface area contributed by atoms with Crippen molar-refractivity contribution in [3.05, 3.63) is 132 Å². The van der Waals surface area contributed by atoms with E-state index in [-0.39, 0.29) is 32.3 Å². The predicted octanol–water partition coefficient (Wildman–Crippen LogP) is 5.13. The highest BCUT2D eigenvalue weighted by atomic mass is 16.5. The van der Waals surface area contributed by atoms with Crippen LogP contribution in [0.25, 0.3) is 0 Å². The van der Waals surface area contributed by atoms with Gasteiger partial charge in [-0.3, -0.25) is 0 Å². The van der Waals surface area contributed by atoms with Crippen LogP contribution in [0.2, 0.25) is 0 Å². The highest BCUT2D eigenvalue weighted by molar-refractivity contribution is 5.76. The van der Waals surface area contributed by atoms with Crippen molar-refractivity contribution < 1.29 is 24.5 Å². The van der Waals surface area contributed by atoms with Gasteiger partial charge in [-0.2, -0.15) is 0 Å². The van der Waals surface area contributed by atoms with E-state index in [1.165, 1.54) is 0 Å². The normalized spacial score (nSPS) is 20.9. The quantitative estimate of drug-likeness (QED) is 0.270. The van der Waals surface area contributed by atoms with Crippen LogP contribution in [-0.4, -0.2) is 63.5 Å². The molecule has 0 spiro atoms. The zero-order chi connectivity index (χ0) is 28.4. The number of para-hydroxylation sites is 2. The maximum absolute atomic E-state index is 14.4. The first-order chi connectivity index (χ1) is 20.1. The minimum absolute atomic E-state index is 0.0211. The summed E-state index contributed by atoms with van der Waals surface area (Å²) in [4.78, 5) is 17.7. The van der Waals surface area contributed by atoms with Gasteiger partial charge >= 0.3 is 6.03 Å². The summed E-state index contributed by atoms with van der Waals surface area (Å²) >= 11 is 0. The van der Waals surface area contributed by atoms with Crippen molar-refractivity contribution in [2.45, 2.75) is 43.8 Å². The summed E-state index contributed by atoms with van der Waals surface area (Å²) in [6, 6.07) is 36.3. The molecule has 4 aromatic rings. The lowest BCUT2D eigenvalue weighted by molar-refractivity contribution is -0.0524. The van der Waals surface area contributed by atoms with Crippen LogP contribution in [0.1, 0.15) is 17.5 Å². The Morgan fingerprint density at radius 1 is 0.561 bits per heavy atom. The molecule has 2 amide bonds. The maximum Gasteiger partial charge on any atom is 0.321 e. The summed E-state index contributed by atoms with van der Waals surface area (Å²) in [5.74, 6) is 1.33. The average Bonchev–Trinajstić information content (AvgIpc) is 3.08. The second-order valence-electron chi connectivity index (χ2n) is 10.2. The Hall–Kier alpha value is -4.33. The Bertz CT molecular complexity index is 1340. The first-order valence-electron chi connectivity index (χ1n) is 14.0. The summed E-state index contributed by atoms with van der Waals surface area (Å²) < 4.78 is 12.0. The lowest BCUT2D eigenvalue weighted by Gasteiger charge is -2.35. The molecule has 0 unspecified atom stereocenters. The summed E-state index contributed by atoms with van der Waals surface area (Å²) in [6.07, 6.45) is -2.15. The van der Waals surface area contributed by atoms with Gasteiger partial charge < -0.3 is 29.5 Å². The largest absolute Gasteiger partial charge is 0.494 e. The molecule has 7 heteroatoms. The number of urea groups is 1. The molecule has 1 aliphatic rings. The standard InChI is InChI=1S/C34H36N2O5/c37-32-30(21-22-40-28-17-9-3-10-18-28)35(23-26-13-5-1-6-14-26)34(39)36(24-27-15-7-2-8-16-27)31(33(32)38)25-41-29-19-11-4-12-20-29/h1-20,30-33,37-38H,21-25H2/t30-,31-,32+,33+/m1/s1. The van der Waals surface area contributed by atoms with Crippen LogP contribution >= 0.6 is 0 Å². The number of hydrogen-bond acceptors (Lipinski definition) is 5. The molecular weight excluding hydrogens is 516 g/mol. The smallest absolute Gasteiger partial charge is 0.321 e. The highest BCUT2D eigenvalue weighted by Crippen LogP contribution is 2.29. The molecular formula is C34H36N2O5. The third kappa shape index (κ3) is 7.25. The molecule has 1 aliphatic heterocycles. The summed E-state index contributed by atoms with van der Waals surface area (Å²) in [7, 11) is 0. The number of aliphatic hydroxyl groups excluding tert-OH is 2. The summed E-state index contributed by atoms with van der Waals surface area (Å²) in [5.41, 5.74) is 1.84. The maximum atomic E-state index is 14.4.